The minimum absolute atomic E-state index is 0.149. The first-order valence-corrected chi connectivity index (χ1v) is 17.6. The van der Waals surface area contributed by atoms with E-state index < -0.39 is 23.9 Å². The SMILES string of the molecule is CCCCCCOC(=O)C=CC(=O)[O-].CCCCCCOC(=O)C=CC(=O)[O-].CCC[CH2][Sn+2][CH2]CCC. The van der Waals surface area contributed by atoms with Crippen LogP contribution in [0.5, 0.6) is 0 Å². The second-order valence-electron chi connectivity index (χ2n) is 8.22. The zero-order valence-corrected chi connectivity index (χ0v) is 26.2. The number of esters is 2. The van der Waals surface area contributed by atoms with Gasteiger partial charge < -0.3 is 29.3 Å². The Balaban J connectivity index is -0.000000481. The minimum atomic E-state index is -1.40. The Morgan fingerprint density at radius 3 is 1.19 bits per heavy atom. The summed E-state index contributed by atoms with van der Waals surface area (Å²) < 4.78 is 12.7. The van der Waals surface area contributed by atoms with E-state index in [9.17, 15) is 29.4 Å². The molecule has 0 aromatic heterocycles. The van der Waals surface area contributed by atoms with Gasteiger partial charge in [0.25, 0.3) is 0 Å². The van der Waals surface area contributed by atoms with Crippen molar-refractivity contribution in [2.45, 2.75) is 114 Å². The van der Waals surface area contributed by atoms with Crippen LogP contribution in [0.25, 0.3) is 0 Å². The van der Waals surface area contributed by atoms with Crippen molar-refractivity contribution < 1.29 is 38.9 Å². The molecule has 0 aliphatic rings. The van der Waals surface area contributed by atoms with E-state index in [0.29, 0.717) is 25.4 Å². The molecule has 0 fully saturated rings. The first-order chi connectivity index (χ1) is 17.7. The number of carbonyl (C=O) groups excluding carboxylic acids is 4. The van der Waals surface area contributed by atoms with Crippen LogP contribution in [-0.4, -0.2) is 58.2 Å². The number of rotatable bonds is 20. The van der Waals surface area contributed by atoms with E-state index in [4.69, 9.17) is 9.47 Å². The van der Waals surface area contributed by atoms with Gasteiger partial charge in [0.05, 0.1) is 25.2 Å². The van der Waals surface area contributed by atoms with Crippen LogP contribution in [0.2, 0.25) is 8.87 Å². The predicted molar refractivity (Wildman–Crippen MR) is 144 cm³/mol. The summed E-state index contributed by atoms with van der Waals surface area (Å²) in [5.41, 5.74) is 0. The molecule has 0 unspecified atom stereocenters. The Bertz CT molecular complexity index is 565. The molecule has 37 heavy (non-hydrogen) atoms. The van der Waals surface area contributed by atoms with E-state index in [-0.39, 0.29) is 21.1 Å². The summed E-state index contributed by atoms with van der Waals surface area (Å²) in [6.45, 7) is 9.45. The maximum absolute atomic E-state index is 10.8. The van der Waals surface area contributed by atoms with Crippen LogP contribution < -0.4 is 10.2 Å². The third-order valence-corrected chi connectivity index (χ3v) is 8.65. The average Bonchev–Trinajstić information content (AvgIpc) is 2.86. The van der Waals surface area contributed by atoms with Crippen molar-refractivity contribution in [3.05, 3.63) is 24.3 Å². The summed E-state index contributed by atoms with van der Waals surface area (Å²) in [5, 5.41) is 19.8. The van der Waals surface area contributed by atoms with Crippen molar-refractivity contribution in [1.29, 1.82) is 0 Å². The maximum atomic E-state index is 10.8. The molecule has 8 nitrogen and oxygen atoms in total. The molecule has 0 saturated carbocycles. The van der Waals surface area contributed by atoms with E-state index >= 15 is 0 Å². The van der Waals surface area contributed by atoms with Crippen LogP contribution in [0.4, 0.5) is 0 Å². The quantitative estimate of drug-likeness (QED) is 0.0854. The van der Waals surface area contributed by atoms with E-state index in [1.807, 2.05) is 0 Å². The summed E-state index contributed by atoms with van der Waals surface area (Å²) in [7, 11) is 0. The van der Waals surface area contributed by atoms with Gasteiger partial charge in [0.1, 0.15) is 0 Å². The molecule has 0 aromatic rings. The number of carboxylic acids is 2. The molecular formula is C28H48O8Sn. The number of carbonyl (C=O) groups is 4. The van der Waals surface area contributed by atoms with Gasteiger partial charge in [-0.15, -0.1) is 0 Å². The van der Waals surface area contributed by atoms with Gasteiger partial charge in [-0.1, -0.05) is 52.4 Å². The molecule has 0 spiro atoms. The molecule has 0 amide bonds. The third kappa shape index (κ3) is 44.6. The molecule has 0 heterocycles. The molecule has 0 aromatic carbocycles. The van der Waals surface area contributed by atoms with Gasteiger partial charge in [-0.05, 0) is 25.0 Å². The molecule has 0 N–H and O–H groups in total. The van der Waals surface area contributed by atoms with Gasteiger partial charge in [0.2, 0.25) is 0 Å². The Hall–Kier alpha value is -1.84. The van der Waals surface area contributed by atoms with Crippen LogP contribution >= 0.6 is 0 Å². The van der Waals surface area contributed by atoms with Gasteiger partial charge >= 0.3 is 81.5 Å². The first kappa shape index (κ1) is 39.7. The Morgan fingerprint density at radius 2 is 0.892 bits per heavy atom. The van der Waals surface area contributed by atoms with Crippen LogP contribution in [0, 0.1) is 0 Å². The van der Waals surface area contributed by atoms with Crippen molar-refractivity contribution in [3.8, 4) is 0 Å². The molecule has 0 radical (unpaired) electrons. The summed E-state index contributed by atoms with van der Waals surface area (Å²) in [5.74, 6) is -4.06. The molecular weight excluding hydrogens is 583 g/mol. The second-order valence-corrected chi connectivity index (χ2v) is 12.5. The van der Waals surface area contributed by atoms with Crippen molar-refractivity contribution >= 4 is 45.0 Å². The van der Waals surface area contributed by atoms with Crippen molar-refractivity contribution in [3.63, 3.8) is 0 Å². The Kier molecular flexibility index (Phi) is 36.6. The predicted octanol–water partition coefficient (Wildman–Crippen LogP) is 3.96. The van der Waals surface area contributed by atoms with Crippen molar-refractivity contribution in [1.82, 2.24) is 0 Å². The summed E-state index contributed by atoms with van der Waals surface area (Å²) in [4.78, 5) is 41.4. The molecule has 0 saturated heterocycles. The number of aliphatic carboxylic acids is 2. The van der Waals surface area contributed by atoms with Gasteiger partial charge in [0, 0.05) is 12.2 Å². The normalized spacial score (nSPS) is 10.1. The number of unbranched alkanes of at least 4 members (excludes halogenated alkanes) is 8. The van der Waals surface area contributed by atoms with Gasteiger partial charge in [-0.2, -0.15) is 0 Å². The average molecular weight is 631 g/mol. The van der Waals surface area contributed by atoms with Crippen LogP contribution in [-0.2, 0) is 28.7 Å². The number of hydrogen-bond acceptors (Lipinski definition) is 8. The molecule has 0 aliphatic carbocycles. The standard InChI is InChI=1S/2C10H16O4.2C4H9.Sn/c2*1-2-3-4-5-8-14-10(13)7-6-9(11)12;2*1-3-4-2;/h2*6-7H,2-5,8H2,1H3,(H,11,12);2*1,3-4H2,2H3;/q;;;;+2/p-2. The second kappa shape index (κ2) is 34.2. The van der Waals surface area contributed by atoms with E-state index in [2.05, 4.69) is 27.7 Å². The number of ether oxygens (including phenoxy) is 2. The first-order valence-electron chi connectivity index (χ1n) is 13.6. The van der Waals surface area contributed by atoms with Gasteiger partial charge in [-0.3, -0.25) is 0 Å². The zero-order chi connectivity index (χ0) is 28.6. The molecule has 9 heteroatoms. The fourth-order valence-corrected chi connectivity index (χ4v) is 6.66. The third-order valence-electron chi connectivity index (χ3n) is 4.61. The fraction of sp³-hybridized carbons (Fsp3) is 0.714. The molecule has 0 rings (SSSR count). The summed E-state index contributed by atoms with van der Waals surface area (Å²) >= 11 is 0.149. The van der Waals surface area contributed by atoms with E-state index in [1.165, 1.54) is 25.7 Å². The number of hydrogen-bond donors (Lipinski definition) is 0. The van der Waals surface area contributed by atoms with Crippen LogP contribution in [0.1, 0.15) is 105 Å². The molecule has 0 atom stereocenters. The molecule has 212 valence electrons. The van der Waals surface area contributed by atoms with Gasteiger partial charge in [-0.25, -0.2) is 9.59 Å². The Morgan fingerprint density at radius 1 is 0.541 bits per heavy atom. The summed E-state index contributed by atoms with van der Waals surface area (Å²) in [6.07, 6.45) is 17.0. The summed E-state index contributed by atoms with van der Waals surface area (Å²) in [6, 6.07) is 0. The zero-order valence-electron chi connectivity index (χ0n) is 23.4. The molecule has 0 bridgehead atoms. The molecule has 0 aliphatic heterocycles. The van der Waals surface area contributed by atoms with Crippen molar-refractivity contribution in [2.75, 3.05) is 13.2 Å². The monoisotopic (exact) mass is 632 g/mol. The van der Waals surface area contributed by atoms with Crippen LogP contribution in [0.15, 0.2) is 24.3 Å². The van der Waals surface area contributed by atoms with E-state index in [0.717, 1.165) is 63.5 Å². The van der Waals surface area contributed by atoms with E-state index in [1.54, 1.807) is 8.87 Å². The fourth-order valence-electron chi connectivity index (χ4n) is 2.50. The number of carboxylic acid groups (broad SMARTS) is 2. The Labute approximate surface area is 234 Å². The van der Waals surface area contributed by atoms with Gasteiger partial charge in [0.15, 0.2) is 0 Å². The van der Waals surface area contributed by atoms with Crippen LogP contribution in [0.3, 0.4) is 0 Å². The topological polar surface area (TPSA) is 133 Å². The van der Waals surface area contributed by atoms with Crippen molar-refractivity contribution in [2.24, 2.45) is 0 Å².